The average molecular weight is 258 g/mol. The van der Waals surface area contributed by atoms with Gasteiger partial charge in [0.1, 0.15) is 5.75 Å². The van der Waals surface area contributed by atoms with E-state index < -0.39 is 0 Å². The van der Waals surface area contributed by atoms with Crippen molar-refractivity contribution in [3.8, 4) is 5.75 Å². The van der Waals surface area contributed by atoms with Gasteiger partial charge in [-0.05, 0) is 30.7 Å². The molecule has 0 aliphatic rings. The molecule has 100 valence electrons. The minimum absolute atomic E-state index is 0.000783. The van der Waals surface area contributed by atoms with Crippen LogP contribution in [-0.4, -0.2) is 11.7 Å². The number of benzene rings is 1. The molecular formula is C15H18N2O2. The van der Waals surface area contributed by atoms with Gasteiger partial charge >= 0.3 is 0 Å². The summed E-state index contributed by atoms with van der Waals surface area (Å²) in [7, 11) is 1.62. The summed E-state index contributed by atoms with van der Waals surface area (Å²) in [6, 6.07) is 11.0. The molecule has 0 fully saturated rings. The third kappa shape index (κ3) is 3.03. The second-order valence-corrected chi connectivity index (χ2v) is 4.53. The Bertz CT molecular complexity index is 620. The van der Waals surface area contributed by atoms with Crippen molar-refractivity contribution in [2.75, 3.05) is 7.11 Å². The zero-order chi connectivity index (χ0) is 13.8. The third-order valence-electron chi connectivity index (χ3n) is 3.13. The van der Waals surface area contributed by atoms with E-state index in [9.17, 15) is 4.79 Å². The van der Waals surface area contributed by atoms with Crippen LogP contribution in [0.25, 0.3) is 0 Å². The number of pyridine rings is 1. The molecule has 0 bridgehead atoms. The van der Waals surface area contributed by atoms with Gasteiger partial charge in [0.2, 0.25) is 0 Å². The van der Waals surface area contributed by atoms with E-state index in [1.807, 2.05) is 30.3 Å². The molecule has 1 heterocycles. The number of ether oxygens (including phenoxy) is 1. The maximum atomic E-state index is 11.9. The lowest BCUT2D eigenvalue weighted by Gasteiger charge is -2.15. The molecule has 0 radical (unpaired) electrons. The highest BCUT2D eigenvalue weighted by atomic mass is 16.5. The van der Waals surface area contributed by atoms with Crippen LogP contribution >= 0.6 is 0 Å². The summed E-state index contributed by atoms with van der Waals surface area (Å²) in [5, 5.41) is 0. The molecule has 1 unspecified atom stereocenters. The predicted octanol–water partition coefficient (Wildman–Crippen LogP) is 1.87. The molecule has 2 aromatic rings. The van der Waals surface area contributed by atoms with E-state index in [0.29, 0.717) is 6.54 Å². The predicted molar refractivity (Wildman–Crippen MR) is 75.4 cm³/mol. The van der Waals surface area contributed by atoms with Gasteiger partial charge in [-0.3, -0.25) is 4.79 Å². The van der Waals surface area contributed by atoms with Gasteiger partial charge in [-0.2, -0.15) is 0 Å². The first-order valence-corrected chi connectivity index (χ1v) is 6.17. The summed E-state index contributed by atoms with van der Waals surface area (Å²) >= 11 is 0. The summed E-state index contributed by atoms with van der Waals surface area (Å²) in [6.45, 7) is 2.25. The van der Waals surface area contributed by atoms with Gasteiger partial charge in [0.15, 0.2) is 0 Å². The number of aromatic nitrogens is 1. The summed E-state index contributed by atoms with van der Waals surface area (Å²) in [6.07, 6.45) is 1.76. The largest absolute Gasteiger partial charge is 0.497 e. The maximum Gasteiger partial charge on any atom is 0.253 e. The highest BCUT2D eigenvalue weighted by molar-refractivity contribution is 5.30. The van der Waals surface area contributed by atoms with Gasteiger partial charge < -0.3 is 15.0 Å². The highest BCUT2D eigenvalue weighted by Crippen LogP contribution is 2.18. The van der Waals surface area contributed by atoms with Gasteiger partial charge in [0.25, 0.3) is 5.56 Å². The van der Waals surface area contributed by atoms with Crippen molar-refractivity contribution in [1.29, 1.82) is 0 Å². The Hall–Kier alpha value is -2.07. The lowest BCUT2D eigenvalue weighted by molar-refractivity contribution is 0.413. The number of nitrogens with zero attached hydrogens (tertiary/aromatic N) is 1. The molecule has 0 aliphatic carbocycles. The fourth-order valence-corrected chi connectivity index (χ4v) is 1.99. The number of methoxy groups -OCH3 is 1. The Labute approximate surface area is 112 Å². The van der Waals surface area contributed by atoms with Crippen LogP contribution in [0, 0.1) is 6.92 Å². The normalized spacial score (nSPS) is 12.2. The summed E-state index contributed by atoms with van der Waals surface area (Å²) in [4.78, 5) is 11.9. The van der Waals surface area contributed by atoms with Crippen molar-refractivity contribution in [3.63, 3.8) is 0 Å². The monoisotopic (exact) mass is 258 g/mol. The van der Waals surface area contributed by atoms with Gasteiger partial charge in [-0.25, -0.2) is 0 Å². The second kappa shape index (κ2) is 5.71. The van der Waals surface area contributed by atoms with Gasteiger partial charge in [0, 0.05) is 24.3 Å². The van der Waals surface area contributed by atoms with Crippen molar-refractivity contribution in [1.82, 2.24) is 4.57 Å². The molecular weight excluding hydrogens is 240 g/mol. The molecule has 2 rings (SSSR count). The second-order valence-electron chi connectivity index (χ2n) is 4.53. The topological polar surface area (TPSA) is 57.2 Å². The number of rotatable bonds is 4. The fraction of sp³-hybridized carbons (Fsp3) is 0.267. The number of aryl methyl sites for hydroxylation is 1. The zero-order valence-corrected chi connectivity index (χ0v) is 11.2. The Balaban J connectivity index is 2.23. The fourth-order valence-electron chi connectivity index (χ4n) is 1.99. The third-order valence-corrected chi connectivity index (χ3v) is 3.13. The molecule has 0 aliphatic heterocycles. The van der Waals surface area contributed by atoms with Crippen LogP contribution in [0.3, 0.4) is 0 Å². The molecule has 1 aromatic carbocycles. The molecule has 1 aromatic heterocycles. The molecule has 0 spiro atoms. The zero-order valence-electron chi connectivity index (χ0n) is 11.2. The van der Waals surface area contributed by atoms with Gasteiger partial charge in [0.05, 0.1) is 7.11 Å². The minimum atomic E-state index is -0.241. The number of nitrogens with two attached hydrogens (primary N) is 1. The van der Waals surface area contributed by atoms with Crippen LogP contribution in [0.5, 0.6) is 5.75 Å². The Morgan fingerprint density at radius 1 is 1.32 bits per heavy atom. The van der Waals surface area contributed by atoms with E-state index >= 15 is 0 Å². The van der Waals surface area contributed by atoms with E-state index in [1.165, 1.54) is 0 Å². The molecule has 2 N–H and O–H groups in total. The van der Waals surface area contributed by atoms with Crippen LogP contribution in [-0.2, 0) is 6.54 Å². The van der Waals surface area contributed by atoms with E-state index in [-0.39, 0.29) is 11.6 Å². The Kier molecular flexibility index (Phi) is 4.02. The first-order chi connectivity index (χ1) is 9.11. The van der Waals surface area contributed by atoms with E-state index in [1.54, 1.807) is 30.9 Å². The maximum absolute atomic E-state index is 11.9. The van der Waals surface area contributed by atoms with Crippen molar-refractivity contribution in [2.24, 2.45) is 5.73 Å². The standard InChI is InChI=1S/C15H18N2O2/c1-11-5-4-8-17(15(11)18)10-14(16)12-6-3-7-13(9-12)19-2/h3-9,14H,10,16H2,1-2H3. The van der Waals surface area contributed by atoms with E-state index in [4.69, 9.17) is 10.5 Å². The first-order valence-electron chi connectivity index (χ1n) is 6.17. The van der Waals surface area contributed by atoms with Crippen molar-refractivity contribution in [3.05, 3.63) is 64.1 Å². The molecule has 4 heteroatoms. The Morgan fingerprint density at radius 2 is 2.11 bits per heavy atom. The molecule has 0 saturated heterocycles. The van der Waals surface area contributed by atoms with Crippen LogP contribution in [0.15, 0.2) is 47.4 Å². The van der Waals surface area contributed by atoms with E-state index in [2.05, 4.69) is 0 Å². The summed E-state index contributed by atoms with van der Waals surface area (Å²) in [5.74, 6) is 0.768. The highest BCUT2D eigenvalue weighted by Gasteiger charge is 2.09. The first kappa shape index (κ1) is 13.4. The quantitative estimate of drug-likeness (QED) is 0.910. The van der Waals surface area contributed by atoms with Gasteiger partial charge in [-0.1, -0.05) is 18.2 Å². The van der Waals surface area contributed by atoms with Crippen LogP contribution in [0.4, 0.5) is 0 Å². The van der Waals surface area contributed by atoms with Crippen LogP contribution in [0.1, 0.15) is 17.2 Å². The van der Waals surface area contributed by atoms with E-state index in [0.717, 1.165) is 16.9 Å². The molecule has 19 heavy (non-hydrogen) atoms. The molecule has 4 nitrogen and oxygen atoms in total. The lowest BCUT2D eigenvalue weighted by Crippen LogP contribution is -2.27. The SMILES string of the molecule is COc1cccc(C(N)Cn2cccc(C)c2=O)c1. The Morgan fingerprint density at radius 3 is 2.84 bits per heavy atom. The minimum Gasteiger partial charge on any atom is -0.497 e. The van der Waals surface area contributed by atoms with Crippen molar-refractivity contribution >= 4 is 0 Å². The number of hydrogen-bond donors (Lipinski definition) is 1. The lowest BCUT2D eigenvalue weighted by atomic mass is 10.1. The summed E-state index contributed by atoms with van der Waals surface area (Å²) < 4.78 is 6.81. The molecule has 0 saturated carbocycles. The van der Waals surface area contributed by atoms with Crippen molar-refractivity contribution < 1.29 is 4.74 Å². The summed E-state index contributed by atoms with van der Waals surface area (Å²) in [5.41, 5.74) is 7.83. The van der Waals surface area contributed by atoms with Gasteiger partial charge in [-0.15, -0.1) is 0 Å². The van der Waals surface area contributed by atoms with Crippen LogP contribution < -0.4 is 16.0 Å². The van der Waals surface area contributed by atoms with Crippen molar-refractivity contribution in [2.45, 2.75) is 19.5 Å². The molecule has 1 atom stereocenters. The molecule has 0 amide bonds. The van der Waals surface area contributed by atoms with Crippen LogP contribution in [0.2, 0.25) is 0 Å². The number of hydrogen-bond acceptors (Lipinski definition) is 3. The average Bonchev–Trinajstić information content (AvgIpc) is 2.44. The smallest absolute Gasteiger partial charge is 0.253 e.